The third-order valence-electron chi connectivity index (χ3n) is 2.62. The van der Waals surface area contributed by atoms with Gasteiger partial charge in [0.05, 0.1) is 11.5 Å². The van der Waals surface area contributed by atoms with Crippen molar-refractivity contribution in [3.8, 4) is 0 Å². The van der Waals surface area contributed by atoms with E-state index in [4.69, 9.17) is 16.7 Å². The summed E-state index contributed by atoms with van der Waals surface area (Å²) in [6, 6.07) is 4.18. The van der Waals surface area contributed by atoms with Gasteiger partial charge in [0.1, 0.15) is 12.2 Å². The smallest absolute Gasteiger partial charge is 0.240 e. The summed E-state index contributed by atoms with van der Waals surface area (Å²) in [5, 5.41) is 15.7. The standard InChI is InChI=1S/C11H13ClN4O3S/c12-10-2-1-9(5-8(10)6-17)20(18,19)15-4-3-11-13-7-14-16-11/h1-2,5,7,15,17H,3-4,6H2,(H,13,14,16). The van der Waals surface area contributed by atoms with E-state index >= 15 is 0 Å². The molecule has 0 atom stereocenters. The second-order valence-electron chi connectivity index (χ2n) is 3.99. The van der Waals surface area contributed by atoms with Crippen LogP contribution in [-0.2, 0) is 23.1 Å². The fraction of sp³-hybridized carbons (Fsp3) is 0.273. The van der Waals surface area contributed by atoms with Crippen LogP contribution >= 0.6 is 11.6 Å². The van der Waals surface area contributed by atoms with Crippen molar-refractivity contribution in [1.29, 1.82) is 0 Å². The molecular formula is C11H13ClN4O3S. The minimum Gasteiger partial charge on any atom is -0.392 e. The molecule has 0 unspecified atom stereocenters. The number of nitrogens with zero attached hydrogens (tertiary/aromatic N) is 2. The highest BCUT2D eigenvalue weighted by atomic mass is 35.5. The monoisotopic (exact) mass is 316 g/mol. The lowest BCUT2D eigenvalue weighted by Gasteiger charge is -2.08. The molecule has 1 aromatic carbocycles. The number of hydrogen-bond acceptors (Lipinski definition) is 5. The van der Waals surface area contributed by atoms with Crippen molar-refractivity contribution in [3.63, 3.8) is 0 Å². The average molecular weight is 317 g/mol. The molecule has 3 N–H and O–H groups in total. The molecule has 0 aliphatic rings. The van der Waals surface area contributed by atoms with E-state index in [0.29, 0.717) is 22.8 Å². The van der Waals surface area contributed by atoms with Gasteiger partial charge in [0.25, 0.3) is 0 Å². The van der Waals surface area contributed by atoms with Crippen molar-refractivity contribution >= 4 is 21.6 Å². The summed E-state index contributed by atoms with van der Waals surface area (Å²) in [6.07, 6.45) is 1.76. The number of aliphatic hydroxyl groups excluding tert-OH is 1. The number of halogens is 1. The number of aromatic amines is 1. The minimum atomic E-state index is -3.64. The first-order valence-corrected chi connectivity index (χ1v) is 7.62. The molecule has 20 heavy (non-hydrogen) atoms. The van der Waals surface area contributed by atoms with Crippen LogP contribution < -0.4 is 4.72 Å². The van der Waals surface area contributed by atoms with Crippen LogP contribution in [0.4, 0.5) is 0 Å². The van der Waals surface area contributed by atoms with Crippen LogP contribution in [-0.4, -0.2) is 35.3 Å². The Morgan fingerprint density at radius 2 is 2.20 bits per heavy atom. The summed E-state index contributed by atoms with van der Waals surface area (Å²) in [7, 11) is -3.64. The number of benzene rings is 1. The summed E-state index contributed by atoms with van der Waals surface area (Å²) in [4.78, 5) is 3.95. The fourth-order valence-electron chi connectivity index (χ4n) is 1.58. The van der Waals surface area contributed by atoms with Crippen molar-refractivity contribution in [1.82, 2.24) is 19.9 Å². The minimum absolute atomic E-state index is 0.0588. The van der Waals surface area contributed by atoms with E-state index in [1.165, 1.54) is 24.5 Å². The number of aliphatic hydroxyl groups is 1. The van der Waals surface area contributed by atoms with Gasteiger partial charge in [-0.25, -0.2) is 18.1 Å². The molecule has 0 saturated carbocycles. The molecule has 0 amide bonds. The first-order chi connectivity index (χ1) is 9.53. The molecule has 0 saturated heterocycles. The lowest BCUT2D eigenvalue weighted by atomic mass is 10.2. The summed E-state index contributed by atoms with van der Waals surface area (Å²) in [5.41, 5.74) is 0.366. The maximum Gasteiger partial charge on any atom is 0.240 e. The van der Waals surface area contributed by atoms with Gasteiger partial charge in [-0.2, -0.15) is 5.10 Å². The Labute approximate surface area is 121 Å². The van der Waals surface area contributed by atoms with Crippen molar-refractivity contribution in [3.05, 3.63) is 40.9 Å². The Kier molecular flexibility index (Phi) is 4.71. The van der Waals surface area contributed by atoms with E-state index in [1.54, 1.807) is 0 Å². The highest BCUT2D eigenvalue weighted by molar-refractivity contribution is 7.89. The normalized spacial score (nSPS) is 11.7. The predicted octanol–water partition coefficient (Wildman–Crippen LogP) is 0.471. The Morgan fingerprint density at radius 3 is 2.85 bits per heavy atom. The quantitative estimate of drug-likeness (QED) is 0.718. The molecule has 1 heterocycles. The van der Waals surface area contributed by atoms with Gasteiger partial charge in [-0.1, -0.05) is 11.6 Å². The molecule has 2 aromatic rings. The number of aromatic nitrogens is 3. The third kappa shape index (κ3) is 3.54. The van der Waals surface area contributed by atoms with Crippen LogP contribution in [0.1, 0.15) is 11.4 Å². The first-order valence-electron chi connectivity index (χ1n) is 5.76. The van der Waals surface area contributed by atoms with Crippen LogP contribution in [0, 0.1) is 0 Å². The zero-order valence-electron chi connectivity index (χ0n) is 10.4. The largest absolute Gasteiger partial charge is 0.392 e. The van der Waals surface area contributed by atoms with Gasteiger partial charge in [-0.3, -0.25) is 5.10 Å². The molecule has 2 rings (SSSR count). The molecule has 108 valence electrons. The maximum absolute atomic E-state index is 12.1. The van der Waals surface area contributed by atoms with Crippen molar-refractivity contribution < 1.29 is 13.5 Å². The highest BCUT2D eigenvalue weighted by Crippen LogP contribution is 2.20. The zero-order chi connectivity index (χ0) is 14.6. The topological polar surface area (TPSA) is 108 Å². The molecule has 1 aromatic heterocycles. The number of nitrogens with one attached hydrogen (secondary N) is 2. The third-order valence-corrected chi connectivity index (χ3v) is 4.44. The molecule has 0 aliphatic carbocycles. The van der Waals surface area contributed by atoms with E-state index in [1.807, 2.05) is 0 Å². The highest BCUT2D eigenvalue weighted by Gasteiger charge is 2.15. The fourth-order valence-corrected chi connectivity index (χ4v) is 2.84. The van der Waals surface area contributed by atoms with E-state index in [9.17, 15) is 8.42 Å². The SMILES string of the molecule is O=S(=O)(NCCc1ncn[nH]1)c1ccc(Cl)c(CO)c1. The molecule has 9 heteroatoms. The van der Waals surface area contributed by atoms with Crippen LogP contribution in [0.5, 0.6) is 0 Å². The summed E-state index contributed by atoms with van der Waals surface area (Å²) < 4.78 is 26.6. The number of hydrogen-bond donors (Lipinski definition) is 3. The molecule has 0 fully saturated rings. The van der Waals surface area contributed by atoms with Gasteiger partial charge < -0.3 is 5.11 Å². The summed E-state index contributed by atoms with van der Waals surface area (Å²) >= 11 is 5.82. The predicted molar refractivity (Wildman–Crippen MR) is 72.7 cm³/mol. The lowest BCUT2D eigenvalue weighted by molar-refractivity contribution is 0.281. The molecule has 0 aliphatic heterocycles. The van der Waals surface area contributed by atoms with E-state index < -0.39 is 10.0 Å². The summed E-state index contributed by atoms with van der Waals surface area (Å²) in [5.74, 6) is 0.597. The first kappa shape index (κ1) is 14.9. The number of H-pyrrole nitrogens is 1. The van der Waals surface area contributed by atoms with Crippen LogP contribution in [0.3, 0.4) is 0 Å². The van der Waals surface area contributed by atoms with E-state index in [0.717, 1.165) is 0 Å². The summed E-state index contributed by atoms with van der Waals surface area (Å²) in [6.45, 7) is -0.130. The van der Waals surface area contributed by atoms with E-state index in [-0.39, 0.29) is 18.0 Å². The lowest BCUT2D eigenvalue weighted by Crippen LogP contribution is -2.26. The second kappa shape index (κ2) is 6.31. The molecule has 7 nitrogen and oxygen atoms in total. The van der Waals surface area contributed by atoms with Gasteiger partial charge in [-0.15, -0.1) is 0 Å². The number of sulfonamides is 1. The van der Waals surface area contributed by atoms with Crippen LogP contribution in [0.2, 0.25) is 5.02 Å². The Balaban J connectivity index is 2.06. The second-order valence-corrected chi connectivity index (χ2v) is 6.17. The Morgan fingerprint density at radius 1 is 1.40 bits per heavy atom. The van der Waals surface area contributed by atoms with Crippen molar-refractivity contribution in [2.75, 3.05) is 6.54 Å². The Bertz CT molecular complexity index is 673. The van der Waals surface area contributed by atoms with E-state index in [2.05, 4.69) is 19.9 Å². The van der Waals surface area contributed by atoms with Crippen molar-refractivity contribution in [2.45, 2.75) is 17.9 Å². The van der Waals surface area contributed by atoms with Gasteiger partial charge in [0, 0.05) is 18.0 Å². The van der Waals surface area contributed by atoms with Crippen LogP contribution in [0.15, 0.2) is 29.4 Å². The molecule has 0 spiro atoms. The van der Waals surface area contributed by atoms with Gasteiger partial charge in [0.2, 0.25) is 10.0 Å². The van der Waals surface area contributed by atoms with Crippen molar-refractivity contribution in [2.24, 2.45) is 0 Å². The Hall–Kier alpha value is -1.48. The van der Waals surface area contributed by atoms with Crippen LogP contribution in [0.25, 0.3) is 0 Å². The number of rotatable bonds is 6. The molecule has 0 bridgehead atoms. The zero-order valence-corrected chi connectivity index (χ0v) is 11.9. The van der Waals surface area contributed by atoms with Gasteiger partial charge in [0.15, 0.2) is 0 Å². The molecular weight excluding hydrogens is 304 g/mol. The average Bonchev–Trinajstić information content (AvgIpc) is 2.92. The van der Waals surface area contributed by atoms with Gasteiger partial charge in [-0.05, 0) is 23.8 Å². The maximum atomic E-state index is 12.1. The van der Waals surface area contributed by atoms with Gasteiger partial charge >= 0.3 is 0 Å². The molecule has 0 radical (unpaired) electrons.